The lowest BCUT2D eigenvalue weighted by Gasteiger charge is -2.04. The summed E-state index contributed by atoms with van der Waals surface area (Å²) >= 11 is 5.84. The molecular weight excluding hydrogens is 318 g/mol. The van der Waals surface area contributed by atoms with Gasteiger partial charge < -0.3 is 14.3 Å². The van der Waals surface area contributed by atoms with E-state index in [0.717, 1.165) is 5.56 Å². The van der Waals surface area contributed by atoms with Gasteiger partial charge in [-0.25, -0.2) is 9.78 Å². The molecule has 0 spiro atoms. The monoisotopic (exact) mass is 329 g/mol. The summed E-state index contributed by atoms with van der Waals surface area (Å²) in [7, 11) is 0. The Morgan fingerprint density at radius 2 is 1.91 bits per heavy atom. The molecule has 116 valence electrons. The number of aromatic hydroxyl groups is 1. The fourth-order valence-corrected chi connectivity index (χ4v) is 2.10. The largest absolute Gasteiger partial charge is 0.507 e. The van der Waals surface area contributed by atoms with Crippen molar-refractivity contribution in [1.82, 2.24) is 4.98 Å². The lowest BCUT2D eigenvalue weighted by Crippen LogP contribution is -2.05. The van der Waals surface area contributed by atoms with Crippen LogP contribution in [0, 0.1) is 0 Å². The van der Waals surface area contributed by atoms with Crippen molar-refractivity contribution < 1.29 is 19.1 Å². The van der Waals surface area contributed by atoms with Crippen molar-refractivity contribution in [3.63, 3.8) is 0 Å². The number of nitrogens with zero attached hydrogens (tertiary/aromatic N) is 1. The number of phenolic OH excluding ortho intramolecular Hbond substituents is 1. The van der Waals surface area contributed by atoms with Crippen LogP contribution < -0.4 is 0 Å². The maximum absolute atomic E-state index is 11.9. The number of benzene rings is 2. The predicted octanol–water partition coefficient (Wildman–Crippen LogP) is 4.06. The molecule has 0 amide bonds. The molecule has 3 aromatic rings. The Morgan fingerprint density at radius 1 is 1.17 bits per heavy atom. The maximum Gasteiger partial charge on any atom is 0.342 e. The van der Waals surface area contributed by atoms with Gasteiger partial charge in [-0.1, -0.05) is 23.7 Å². The first-order valence-electron chi connectivity index (χ1n) is 6.79. The molecule has 0 bridgehead atoms. The molecule has 5 nitrogen and oxygen atoms in total. The van der Waals surface area contributed by atoms with Crippen molar-refractivity contribution >= 4 is 17.6 Å². The molecule has 0 saturated heterocycles. The predicted molar refractivity (Wildman–Crippen MR) is 84.2 cm³/mol. The van der Waals surface area contributed by atoms with E-state index >= 15 is 0 Å². The number of hydrogen-bond acceptors (Lipinski definition) is 5. The van der Waals surface area contributed by atoms with E-state index in [1.807, 2.05) is 0 Å². The zero-order chi connectivity index (χ0) is 16.2. The number of carbonyl (C=O) groups excluding carboxylic acids is 1. The highest BCUT2D eigenvalue weighted by Gasteiger charge is 2.14. The van der Waals surface area contributed by atoms with Crippen molar-refractivity contribution in [2.24, 2.45) is 0 Å². The van der Waals surface area contributed by atoms with Gasteiger partial charge in [0.2, 0.25) is 5.89 Å². The summed E-state index contributed by atoms with van der Waals surface area (Å²) in [4.78, 5) is 16.0. The first-order chi connectivity index (χ1) is 11.1. The Balaban J connectivity index is 1.67. The molecule has 1 aromatic heterocycles. The summed E-state index contributed by atoms with van der Waals surface area (Å²) in [6, 6.07) is 13.3. The van der Waals surface area contributed by atoms with Crippen molar-refractivity contribution in [1.29, 1.82) is 0 Å². The topological polar surface area (TPSA) is 72.6 Å². The van der Waals surface area contributed by atoms with Crippen LogP contribution in [0.5, 0.6) is 5.75 Å². The standard InChI is InChI=1S/C17H12ClNO4/c18-12-7-5-11(6-8-12)15-9-19-16(23-15)10-22-17(21)13-3-1-2-4-14(13)20/h1-9,20H,10H2. The van der Waals surface area contributed by atoms with Crippen molar-refractivity contribution in [3.8, 4) is 17.1 Å². The van der Waals surface area contributed by atoms with E-state index in [9.17, 15) is 9.90 Å². The minimum absolute atomic E-state index is 0.0944. The third-order valence-electron chi connectivity index (χ3n) is 3.13. The second-order valence-corrected chi connectivity index (χ2v) is 5.15. The molecule has 0 atom stereocenters. The number of oxazole rings is 1. The van der Waals surface area contributed by atoms with Crippen molar-refractivity contribution in [2.45, 2.75) is 6.61 Å². The number of aromatic nitrogens is 1. The van der Waals surface area contributed by atoms with Crippen LogP contribution in [0.25, 0.3) is 11.3 Å². The van der Waals surface area contributed by atoms with Gasteiger partial charge >= 0.3 is 5.97 Å². The van der Waals surface area contributed by atoms with Crippen LogP contribution in [0.15, 0.2) is 59.1 Å². The van der Waals surface area contributed by atoms with Crippen molar-refractivity contribution in [3.05, 3.63) is 71.2 Å². The van der Waals surface area contributed by atoms with E-state index in [-0.39, 0.29) is 23.8 Å². The number of ether oxygens (including phenoxy) is 1. The van der Waals surface area contributed by atoms with E-state index in [4.69, 9.17) is 20.8 Å². The highest BCUT2D eigenvalue weighted by atomic mass is 35.5. The van der Waals surface area contributed by atoms with Gasteiger partial charge in [0.15, 0.2) is 12.4 Å². The molecule has 0 radical (unpaired) electrons. The average molecular weight is 330 g/mol. The molecule has 1 N–H and O–H groups in total. The zero-order valence-corrected chi connectivity index (χ0v) is 12.7. The number of rotatable bonds is 4. The second-order valence-electron chi connectivity index (χ2n) is 4.72. The van der Waals surface area contributed by atoms with E-state index in [0.29, 0.717) is 10.8 Å². The number of phenols is 1. The Labute approximate surface area is 137 Å². The highest BCUT2D eigenvalue weighted by Crippen LogP contribution is 2.23. The number of para-hydroxylation sites is 1. The van der Waals surface area contributed by atoms with Crippen LogP contribution >= 0.6 is 11.6 Å². The fraction of sp³-hybridized carbons (Fsp3) is 0.0588. The second kappa shape index (κ2) is 6.54. The van der Waals surface area contributed by atoms with Gasteiger partial charge in [0.05, 0.1) is 6.20 Å². The van der Waals surface area contributed by atoms with Gasteiger partial charge in [-0.2, -0.15) is 0 Å². The minimum atomic E-state index is -0.644. The Hall–Kier alpha value is -2.79. The van der Waals surface area contributed by atoms with E-state index in [2.05, 4.69) is 4.98 Å². The Kier molecular flexibility index (Phi) is 4.30. The quantitative estimate of drug-likeness (QED) is 0.731. The van der Waals surface area contributed by atoms with E-state index < -0.39 is 5.97 Å². The summed E-state index contributed by atoms with van der Waals surface area (Å²) in [5.74, 6) is 0.0371. The molecule has 0 saturated carbocycles. The molecule has 6 heteroatoms. The van der Waals surface area contributed by atoms with Crippen LogP contribution in [0.4, 0.5) is 0 Å². The van der Waals surface area contributed by atoms with E-state index in [1.54, 1.807) is 42.6 Å². The summed E-state index contributed by atoms with van der Waals surface area (Å²) in [5, 5.41) is 10.2. The maximum atomic E-state index is 11.9. The normalized spacial score (nSPS) is 10.5. The first kappa shape index (κ1) is 15.1. The molecule has 0 aliphatic rings. The summed E-state index contributed by atoms with van der Waals surface area (Å²) in [5.41, 5.74) is 0.914. The molecule has 2 aromatic carbocycles. The minimum Gasteiger partial charge on any atom is -0.507 e. The molecule has 0 unspecified atom stereocenters. The molecule has 3 rings (SSSR count). The number of carbonyl (C=O) groups is 1. The summed E-state index contributed by atoms with van der Waals surface area (Å²) in [6.45, 7) is -0.124. The van der Waals surface area contributed by atoms with Gasteiger partial charge in [-0.05, 0) is 36.4 Å². The van der Waals surface area contributed by atoms with Crippen LogP contribution in [0.2, 0.25) is 5.02 Å². The lowest BCUT2D eigenvalue weighted by molar-refractivity contribution is 0.0435. The third kappa shape index (κ3) is 3.52. The lowest BCUT2D eigenvalue weighted by atomic mass is 10.2. The average Bonchev–Trinajstić information content (AvgIpc) is 3.03. The zero-order valence-electron chi connectivity index (χ0n) is 11.9. The molecule has 1 heterocycles. The Morgan fingerprint density at radius 3 is 2.65 bits per heavy atom. The Bertz CT molecular complexity index is 827. The summed E-state index contributed by atoms with van der Waals surface area (Å²) < 4.78 is 10.6. The van der Waals surface area contributed by atoms with Gasteiger partial charge in [-0.15, -0.1) is 0 Å². The van der Waals surface area contributed by atoms with Crippen LogP contribution in [-0.2, 0) is 11.3 Å². The molecular formula is C17H12ClNO4. The summed E-state index contributed by atoms with van der Waals surface area (Å²) in [6.07, 6.45) is 1.55. The SMILES string of the molecule is O=C(OCc1ncc(-c2ccc(Cl)cc2)o1)c1ccccc1O. The van der Waals surface area contributed by atoms with E-state index in [1.165, 1.54) is 12.1 Å². The third-order valence-corrected chi connectivity index (χ3v) is 3.38. The number of hydrogen-bond donors (Lipinski definition) is 1. The molecule has 0 aliphatic heterocycles. The molecule has 23 heavy (non-hydrogen) atoms. The highest BCUT2D eigenvalue weighted by molar-refractivity contribution is 6.30. The van der Waals surface area contributed by atoms with Crippen LogP contribution in [-0.4, -0.2) is 16.1 Å². The van der Waals surface area contributed by atoms with Gasteiger partial charge in [0, 0.05) is 10.6 Å². The van der Waals surface area contributed by atoms with Crippen LogP contribution in [0.1, 0.15) is 16.2 Å². The van der Waals surface area contributed by atoms with Gasteiger partial charge in [0.25, 0.3) is 0 Å². The van der Waals surface area contributed by atoms with Gasteiger partial charge in [-0.3, -0.25) is 0 Å². The number of esters is 1. The first-order valence-corrected chi connectivity index (χ1v) is 7.17. The molecule has 0 fully saturated rings. The fourth-order valence-electron chi connectivity index (χ4n) is 1.98. The molecule has 0 aliphatic carbocycles. The number of halogens is 1. The smallest absolute Gasteiger partial charge is 0.342 e. The van der Waals surface area contributed by atoms with Gasteiger partial charge in [0.1, 0.15) is 11.3 Å². The van der Waals surface area contributed by atoms with Crippen molar-refractivity contribution in [2.75, 3.05) is 0 Å². The van der Waals surface area contributed by atoms with Crippen LogP contribution in [0.3, 0.4) is 0 Å².